The quantitative estimate of drug-likeness (QED) is 0.177. The zero-order valence-electron chi connectivity index (χ0n) is 27.2. The standard InChI is InChI=1S/C44H34N2P2/c1-29-17-19-38-40(24-29)47(35-13-6-4-7-14-35)42-27-34(32-11-10-12-33(26-32)37-23-31(3)21-22-45-37)28-43-44(42)46(38)39-20-18-30(2)25-41(39)48(43)36-15-8-5-9-16-36/h4-28H,1-3H3. The number of pyridine rings is 1. The second kappa shape index (κ2) is 11.7. The molecule has 3 heterocycles. The van der Waals surface area contributed by atoms with Gasteiger partial charge in [0, 0.05) is 33.0 Å². The Kier molecular flexibility index (Phi) is 7.12. The molecular formula is C44H34N2P2. The number of nitrogens with zero attached hydrogens (tertiary/aromatic N) is 2. The van der Waals surface area contributed by atoms with Gasteiger partial charge < -0.3 is 4.90 Å². The lowest BCUT2D eigenvalue weighted by molar-refractivity contribution is 1.29. The minimum absolute atomic E-state index is 0.819. The number of aromatic nitrogens is 1. The van der Waals surface area contributed by atoms with Crippen LogP contribution in [0.25, 0.3) is 22.4 Å². The summed E-state index contributed by atoms with van der Waals surface area (Å²) in [5.74, 6) is 0. The van der Waals surface area contributed by atoms with Gasteiger partial charge in [-0.3, -0.25) is 4.98 Å². The average Bonchev–Trinajstić information content (AvgIpc) is 3.12. The second-order valence-electron chi connectivity index (χ2n) is 12.8. The summed E-state index contributed by atoms with van der Waals surface area (Å²) in [6.07, 6.45) is 1.91. The van der Waals surface area contributed by atoms with Crippen molar-refractivity contribution < 1.29 is 0 Å². The maximum atomic E-state index is 4.74. The Labute approximate surface area is 285 Å². The predicted molar refractivity (Wildman–Crippen MR) is 209 cm³/mol. The van der Waals surface area contributed by atoms with Gasteiger partial charge in [0.25, 0.3) is 0 Å². The van der Waals surface area contributed by atoms with Gasteiger partial charge in [-0.25, -0.2) is 0 Å². The topological polar surface area (TPSA) is 16.1 Å². The average molecular weight is 653 g/mol. The summed E-state index contributed by atoms with van der Waals surface area (Å²) >= 11 is 0. The lowest BCUT2D eigenvalue weighted by atomic mass is 10.00. The van der Waals surface area contributed by atoms with Gasteiger partial charge in [-0.2, -0.15) is 0 Å². The third kappa shape index (κ3) is 4.83. The molecule has 2 unspecified atom stereocenters. The molecular weight excluding hydrogens is 618 g/mol. The summed E-state index contributed by atoms with van der Waals surface area (Å²) in [5, 5.41) is 8.46. The molecule has 2 aliphatic heterocycles. The van der Waals surface area contributed by atoms with Crippen LogP contribution in [-0.4, -0.2) is 4.98 Å². The fourth-order valence-electron chi connectivity index (χ4n) is 7.24. The van der Waals surface area contributed by atoms with Crippen LogP contribution in [0.1, 0.15) is 16.7 Å². The first kappa shape index (κ1) is 29.3. The van der Waals surface area contributed by atoms with Crippen LogP contribution >= 0.6 is 15.8 Å². The SMILES string of the molecule is Cc1ccnc(-c2cccc(-c3cc4c5c(c3)P(c3ccccc3)c3cc(C)ccc3N5c3ccc(C)cc3P4c3ccccc3)c2)c1. The van der Waals surface area contributed by atoms with E-state index in [2.05, 4.69) is 171 Å². The highest BCUT2D eigenvalue weighted by atomic mass is 31.1. The number of fused-ring (bicyclic) bond motifs is 4. The molecule has 0 spiro atoms. The third-order valence-electron chi connectivity index (χ3n) is 9.44. The minimum atomic E-state index is -0.819. The highest BCUT2D eigenvalue weighted by Crippen LogP contribution is 2.55. The van der Waals surface area contributed by atoms with E-state index in [0.717, 1.165) is 11.3 Å². The molecule has 7 aromatic rings. The maximum absolute atomic E-state index is 4.74. The molecule has 0 amide bonds. The van der Waals surface area contributed by atoms with Gasteiger partial charge in [0.1, 0.15) is 0 Å². The van der Waals surface area contributed by atoms with Crippen LogP contribution < -0.4 is 36.7 Å². The van der Waals surface area contributed by atoms with Crippen molar-refractivity contribution in [3.05, 3.63) is 168 Å². The van der Waals surface area contributed by atoms with Gasteiger partial charge in [0.05, 0.1) is 22.8 Å². The molecule has 0 radical (unpaired) electrons. The number of hydrogen-bond acceptors (Lipinski definition) is 2. The summed E-state index contributed by atoms with van der Waals surface area (Å²) < 4.78 is 0. The van der Waals surface area contributed by atoms with E-state index in [1.165, 1.54) is 76.7 Å². The lowest BCUT2D eigenvalue weighted by Gasteiger charge is -2.45. The summed E-state index contributed by atoms with van der Waals surface area (Å²) in [4.78, 5) is 7.33. The number of anilines is 3. The first-order valence-electron chi connectivity index (χ1n) is 16.5. The second-order valence-corrected chi connectivity index (χ2v) is 17.1. The van der Waals surface area contributed by atoms with Gasteiger partial charge in [-0.05, 0) is 119 Å². The van der Waals surface area contributed by atoms with Crippen LogP contribution in [0.15, 0.2) is 152 Å². The predicted octanol–water partition coefficient (Wildman–Crippen LogP) is 8.95. The molecule has 2 nitrogen and oxygen atoms in total. The number of rotatable bonds is 4. The Hall–Kier alpha value is -4.87. The van der Waals surface area contributed by atoms with Crippen molar-refractivity contribution in [2.24, 2.45) is 0 Å². The monoisotopic (exact) mass is 652 g/mol. The van der Waals surface area contributed by atoms with E-state index >= 15 is 0 Å². The summed E-state index contributed by atoms with van der Waals surface area (Å²) in [7, 11) is -1.64. The Morgan fingerprint density at radius 2 is 0.979 bits per heavy atom. The normalized spacial score (nSPS) is 15.8. The maximum Gasteiger partial charge on any atom is 0.0704 e. The number of benzene rings is 6. The minimum Gasteiger partial charge on any atom is -0.308 e. The van der Waals surface area contributed by atoms with E-state index < -0.39 is 15.8 Å². The summed E-state index contributed by atoms with van der Waals surface area (Å²) in [6.45, 7) is 6.58. The smallest absolute Gasteiger partial charge is 0.0704 e. The highest BCUT2D eigenvalue weighted by molar-refractivity contribution is 7.82. The Morgan fingerprint density at radius 1 is 0.438 bits per heavy atom. The highest BCUT2D eigenvalue weighted by Gasteiger charge is 2.41. The molecule has 0 N–H and O–H groups in total. The molecule has 0 saturated carbocycles. The molecule has 0 saturated heterocycles. The van der Waals surface area contributed by atoms with Crippen molar-refractivity contribution in [2.45, 2.75) is 20.8 Å². The lowest BCUT2D eigenvalue weighted by Crippen LogP contribution is -2.43. The van der Waals surface area contributed by atoms with Gasteiger partial charge in [0.15, 0.2) is 0 Å². The fourth-order valence-corrected chi connectivity index (χ4v) is 12.8. The molecule has 48 heavy (non-hydrogen) atoms. The van der Waals surface area contributed by atoms with Gasteiger partial charge >= 0.3 is 0 Å². The van der Waals surface area contributed by atoms with E-state index in [9.17, 15) is 0 Å². The van der Waals surface area contributed by atoms with Crippen molar-refractivity contribution in [2.75, 3.05) is 4.90 Å². The third-order valence-corrected chi connectivity index (χ3v) is 14.4. The molecule has 2 aliphatic rings. The summed E-state index contributed by atoms with van der Waals surface area (Å²) in [5.41, 5.74) is 12.4. The van der Waals surface area contributed by atoms with E-state index in [0.29, 0.717) is 0 Å². The van der Waals surface area contributed by atoms with Crippen molar-refractivity contribution in [1.29, 1.82) is 0 Å². The zero-order valence-corrected chi connectivity index (χ0v) is 29.0. The molecule has 0 bridgehead atoms. The van der Waals surface area contributed by atoms with E-state index in [-0.39, 0.29) is 0 Å². The molecule has 9 rings (SSSR count). The molecule has 1 aromatic heterocycles. The Morgan fingerprint density at radius 3 is 1.54 bits per heavy atom. The van der Waals surface area contributed by atoms with Gasteiger partial charge in [-0.15, -0.1) is 0 Å². The summed E-state index contributed by atoms with van der Waals surface area (Å²) in [6, 6.07) is 54.8. The van der Waals surface area contributed by atoms with Crippen molar-refractivity contribution in [1.82, 2.24) is 4.98 Å². The van der Waals surface area contributed by atoms with Crippen LogP contribution in [0, 0.1) is 20.8 Å². The molecule has 0 fully saturated rings. The first-order chi connectivity index (χ1) is 23.5. The molecule has 0 aliphatic carbocycles. The molecule has 2 atom stereocenters. The van der Waals surface area contributed by atoms with Crippen LogP contribution in [0.3, 0.4) is 0 Å². The number of hydrogen-bond donors (Lipinski definition) is 0. The van der Waals surface area contributed by atoms with Crippen molar-refractivity contribution in [3.8, 4) is 22.4 Å². The Bertz CT molecular complexity index is 2230. The largest absolute Gasteiger partial charge is 0.308 e. The van der Waals surface area contributed by atoms with Gasteiger partial charge in [-0.1, -0.05) is 102 Å². The van der Waals surface area contributed by atoms with Crippen LogP contribution in [0.4, 0.5) is 17.1 Å². The fraction of sp³-hybridized carbons (Fsp3) is 0.0682. The molecule has 4 heteroatoms. The van der Waals surface area contributed by atoms with Crippen LogP contribution in [0.2, 0.25) is 0 Å². The molecule has 230 valence electrons. The molecule has 6 aromatic carbocycles. The van der Waals surface area contributed by atoms with E-state index in [1.54, 1.807) is 0 Å². The zero-order chi connectivity index (χ0) is 32.4. The van der Waals surface area contributed by atoms with Crippen LogP contribution in [-0.2, 0) is 0 Å². The van der Waals surface area contributed by atoms with Gasteiger partial charge in [0.2, 0.25) is 0 Å². The van der Waals surface area contributed by atoms with E-state index in [4.69, 9.17) is 4.98 Å². The Balaban J connectivity index is 1.38. The van der Waals surface area contributed by atoms with Crippen LogP contribution in [0.5, 0.6) is 0 Å². The number of aryl methyl sites for hydroxylation is 3. The van der Waals surface area contributed by atoms with E-state index in [1.807, 2.05) is 6.20 Å². The first-order valence-corrected chi connectivity index (χ1v) is 19.2. The van der Waals surface area contributed by atoms with Crippen molar-refractivity contribution in [3.63, 3.8) is 0 Å². The van der Waals surface area contributed by atoms with Crippen molar-refractivity contribution >= 4 is 64.7 Å².